The minimum Gasteiger partial charge on any atom is -0.511 e. The molecule has 4 aliphatic carbocycles. The summed E-state index contributed by atoms with van der Waals surface area (Å²) in [5, 5.41) is 44.4. The first-order valence-corrected chi connectivity index (χ1v) is 14.5. The molecule has 0 saturated heterocycles. The summed E-state index contributed by atoms with van der Waals surface area (Å²) < 4.78 is 0. The third-order valence-corrected chi connectivity index (χ3v) is 9.19. The highest BCUT2D eigenvalue weighted by Crippen LogP contribution is 2.52. The predicted octanol–water partition coefficient (Wildman–Crippen LogP) is 2.90. The number of hydrogen-bond acceptors (Lipinski definition) is 9. The van der Waals surface area contributed by atoms with Crippen molar-refractivity contribution in [3.8, 4) is 5.75 Å². The Morgan fingerprint density at radius 3 is 2.41 bits per heavy atom. The number of phenols is 1. The highest BCUT2D eigenvalue weighted by Gasteiger charge is 2.59. The molecule has 1 saturated carbocycles. The van der Waals surface area contributed by atoms with Gasteiger partial charge in [0.2, 0.25) is 5.78 Å². The average Bonchev–Trinajstić information content (AvgIpc) is 3.68. The number of rotatable bonds is 9. The number of primary amides is 1. The molecule has 222 valence electrons. The molecular formula is C31H41N3O7. The van der Waals surface area contributed by atoms with E-state index in [9.17, 15) is 34.8 Å². The summed E-state index contributed by atoms with van der Waals surface area (Å²) >= 11 is 0. The molecule has 10 heteroatoms. The Morgan fingerprint density at radius 1 is 1.15 bits per heavy atom. The van der Waals surface area contributed by atoms with E-state index in [-0.39, 0.29) is 36.1 Å². The van der Waals surface area contributed by atoms with Gasteiger partial charge in [-0.2, -0.15) is 0 Å². The van der Waals surface area contributed by atoms with Crippen molar-refractivity contribution >= 4 is 23.2 Å². The fraction of sp³-hybridized carbons (Fsp3) is 0.581. The second-order valence-corrected chi connectivity index (χ2v) is 12.9. The summed E-state index contributed by atoms with van der Waals surface area (Å²) in [5.41, 5.74) is 4.27. The van der Waals surface area contributed by atoms with Gasteiger partial charge >= 0.3 is 0 Å². The second-order valence-electron chi connectivity index (χ2n) is 12.9. The summed E-state index contributed by atoms with van der Waals surface area (Å²) in [6.07, 6.45) is 3.67. The zero-order valence-electron chi connectivity index (χ0n) is 24.2. The van der Waals surface area contributed by atoms with Gasteiger partial charge in [0.05, 0.1) is 5.56 Å². The molecule has 5 rings (SSSR count). The fourth-order valence-corrected chi connectivity index (χ4v) is 7.00. The van der Waals surface area contributed by atoms with Gasteiger partial charge in [-0.15, -0.1) is 0 Å². The summed E-state index contributed by atoms with van der Waals surface area (Å²) in [7, 11) is 3.80. The van der Waals surface area contributed by atoms with E-state index >= 15 is 0 Å². The zero-order chi connectivity index (χ0) is 30.0. The molecule has 1 fully saturated rings. The lowest BCUT2D eigenvalue weighted by Crippen LogP contribution is -2.57. The van der Waals surface area contributed by atoms with E-state index in [1.165, 1.54) is 12.8 Å². The molecule has 41 heavy (non-hydrogen) atoms. The van der Waals surface area contributed by atoms with Crippen LogP contribution in [-0.2, 0) is 22.6 Å². The van der Waals surface area contributed by atoms with Crippen LogP contribution in [0, 0.1) is 23.7 Å². The number of nitrogens with two attached hydrogens (primary N) is 1. The van der Waals surface area contributed by atoms with Gasteiger partial charge in [-0.3, -0.25) is 19.3 Å². The standard InChI is InChI=1S/C31H41N3O7/c1-15(2)7-8-34(13-16-5-6-16)14-18-11-21(35)24-20(26(18)33(3)4)10-17-9-19-12-22(36)25(30(32)40)29(39)31(19,41)28(38)23(17)27(24)37/h11,15-17,19,35-36,38,41H,5-10,12-14H2,1-4H3,(H2,32,40)/t17?,19-,31-/m0/s1. The number of carbonyl (C=O) groups is 3. The predicted molar refractivity (Wildman–Crippen MR) is 153 cm³/mol. The number of allylic oxidation sites excluding steroid dienone is 2. The Kier molecular flexibility index (Phi) is 7.44. The van der Waals surface area contributed by atoms with Crippen molar-refractivity contribution in [2.75, 3.05) is 32.1 Å². The molecule has 0 aliphatic heterocycles. The number of hydrogen-bond donors (Lipinski definition) is 5. The maximum absolute atomic E-state index is 13.9. The van der Waals surface area contributed by atoms with Crippen molar-refractivity contribution in [3.05, 3.63) is 45.4 Å². The van der Waals surface area contributed by atoms with Crippen molar-refractivity contribution in [2.45, 2.75) is 64.5 Å². The molecule has 0 bridgehead atoms. The summed E-state index contributed by atoms with van der Waals surface area (Å²) in [6.45, 7) is 6.94. The number of phenolic OH excluding ortho intramolecular Hbond substituents is 1. The number of aromatic hydroxyl groups is 1. The number of aliphatic hydroxyl groups is 3. The Bertz CT molecular complexity index is 1370. The quantitative estimate of drug-likeness (QED) is 0.282. The molecule has 6 N–H and O–H groups in total. The smallest absolute Gasteiger partial charge is 0.255 e. The van der Waals surface area contributed by atoms with Crippen molar-refractivity contribution in [3.63, 3.8) is 0 Å². The van der Waals surface area contributed by atoms with Crippen LogP contribution >= 0.6 is 0 Å². The minimum atomic E-state index is -2.56. The van der Waals surface area contributed by atoms with Crippen molar-refractivity contribution in [1.29, 1.82) is 0 Å². The summed E-state index contributed by atoms with van der Waals surface area (Å²) in [4.78, 5) is 43.4. The first kappa shape index (κ1) is 29.1. The average molecular weight is 568 g/mol. The molecule has 1 aromatic rings. The summed E-state index contributed by atoms with van der Waals surface area (Å²) in [5.74, 6) is -4.93. The van der Waals surface area contributed by atoms with Crippen LogP contribution in [0.5, 0.6) is 5.75 Å². The number of Topliss-reactive ketones (excluding diaryl/α,β-unsaturated/α-hetero) is 2. The van der Waals surface area contributed by atoms with Gasteiger partial charge < -0.3 is 31.1 Å². The van der Waals surface area contributed by atoms with Crippen LogP contribution in [0.25, 0.3) is 0 Å². The molecule has 3 atom stereocenters. The van der Waals surface area contributed by atoms with E-state index in [0.717, 1.165) is 30.8 Å². The molecule has 0 spiro atoms. The van der Waals surface area contributed by atoms with Crippen LogP contribution in [0.3, 0.4) is 0 Å². The van der Waals surface area contributed by atoms with E-state index in [4.69, 9.17) is 5.73 Å². The van der Waals surface area contributed by atoms with E-state index in [0.29, 0.717) is 23.9 Å². The number of ketones is 2. The topological polar surface area (TPSA) is 165 Å². The molecule has 1 aromatic carbocycles. The van der Waals surface area contributed by atoms with Gasteiger partial charge in [0.1, 0.15) is 22.8 Å². The molecule has 0 radical (unpaired) electrons. The van der Waals surface area contributed by atoms with Crippen LogP contribution in [0.4, 0.5) is 5.69 Å². The monoisotopic (exact) mass is 567 g/mol. The molecule has 0 heterocycles. The van der Waals surface area contributed by atoms with Gasteiger partial charge in [-0.25, -0.2) is 0 Å². The largest absolute Gasteiger partial charge is 0.511 e. The Hall–Kier alpha value is -3.37. The lowest BCUT2D eigenvalue weighted by atomic mass is 9.60. The number of aliphatic hydroxyl groups excluding tert-OH is 2. The molecule has 10 nitrogen and oxygen atoms in total. The van der Waals surface area contributed by atoms with Crippen LogP contribution < -0.4 is 10.6 Å². The Labute approximate surface area is 240 Å². The molecule has 1 amide bonds. The Morgan fingerprint density at radius 2 is 1.83 bits per heavy atom. The van der Waals surface area contributed by atoms with Crippen LogP contribution in [-0.4, -0.2) is 75.6 Å². The Balaban J connectivity index is 1.57. The number of nitrogens with zero attached hydrogens (tertiary/aromatic N) is 2. The van der Waals surface area contributed by atoms with E-state index in [2.05, 4.69) is 18.7 Å². The number of fused-ring (bicyclic) bond motifs is 3. The van der Waals surface area contributed by atoms with E-state index in [1.54, 1.807) is 6.07 Å². The van der Waals surface area contributed by atoms with Gasteiger partial charge in [0, 0.05) is 50.8 Å². The van der Waals surface area contributed by atoms with Gasteiger partial charge in [0.15, 0.2) is 11.4 Å². The lowest BCUT2D eigenvalue weighted by Gasteiger charge is -2.46. The highest BCUT2D eigenvalue weighted by molar-refractivity contribution is 6.24. The van der Waals surface area contributed by atoms with E-state index in [1.807, 2.05) is 19.0 Å². The maximum atomic E-state index is 13.9. The van der Waals surface area contributed by atoms with Gasteiger partial charge in [-0.1, -0.05) is 13.8 Å². The molecule has 0 aromatic heterocycles. The normalized spacial score (nSPS) is 25.9. The number of benzene rings is 1. The van der Waals surface area contributed by atoms with Crippen molar-refractivity contribution < 1.29 is 34.8 Å². The van der Waals surface area contributed by atoms with Crippen molar-refractivity contribution in [1.82, 2.24) is 4.90 Å². The molecule has 1 unspecified atom stereocenters. The number of carbonyl (C=O) groups excluding carboxylic acids is 3. The minimum absolute atomic E-state index is 0.0463. The SMILES string of the molecule is CC(C)CCN(Cc1cc(O)c2c(c1N(C)C)CC1C[C@H]3CC(O)=C(C(N)=O)C(=O)[C@@]3(O)C(O)=C1C2=O)CC1CC1. The van der Waals surface area contributed by atoms with Crippen LogP contribution in [0.15, 0.2) is 28.7 Å². The lowest BCUT2D eigenvalue weighted by molar-refractivity contribution is -0.144. The van der Waals surface area contributed by atoms with Crippen LogP contribution in [0.1, 0.15) is 67.4 Å². The maximum Gasteiger partial charge on any atom is 0.255 e. The molecular weight excluding hydrogens is 526 g/mol. The second kappa shape index (κ2) is 10.5. The third kappa shape index (κ3) is 4.91. The zero-order valence-corrected chi connectivity index (χ0v) is 24.2. The third-order valence-electron chi connectivity index (χ3n) is 9.19. The van der Waals surface area contributed by atoms with Crippen LogP contribution in [0.2, 0.25) is 0 Å². The number of amides is 1. The molecule has 4 aliphatic rings. The van der Waals surface area contributed by atoms with E-state index < -0.39 is 52.0 Å². The van der Waals surface area contributed by atoms with Crippen molar-refractivity contribution in [2.24, 2.45) is 29.4 Å². The first-order valence-electron chi connectivity index (χ1n) is 14.5. The van der Waals surface area contributed by atoms with Gasteiger partial charge in [-0.05, 0) is 73.6 Å². The summed E-state index contributed by atoms with van der Waals surface area (Å²) in [6, 6.07) is 1.62. The first-order chi connectivity index (χ1) is 19.2. The number of anilines is 1. The van der Waals surface area contributed by atoms with Gasteiger partial charge in [0.25, 0.3) is 5.91 Å². The highest BCUT2D eigenvalue weighted by atomic mass is 16.3. The fourth-order valence-electron chi connectivity index (χ4n) is 7.00.